The number of nitrogens with zero attached hydrogens (tertiary/aromatic N) is 3. The number of hydrogen-bond donors (Lipinski definition) is 1. The number of fused-ring (bicyclic) bond motifs is 1. The molecule has 6 heteroatoms. The number of halogens is 1. The maximum absolute atomic E-state index is 13.3. The molecule has 0 amide bonds. The summed E-state index contributed by atoms with van der Waals surface area (Å²) in [6, 6.07) is 14.1. The van der Waals surface area contributed by atoms with E-state index < -0.39 is 0 Å². The number of aliphatic hydroxyl groups excluding tert-OH is 1. The topological polar surface area (TPSA) is 58.4 Å². The highest BCUT2D eigenvalue weighted by atomic mass is 19.1. The summed E-state index contributed by atoms with van der Waals surface area (Å²) < 4.78 is 15.0. The van der Waals surface area contributed by atoms with E-state index in [1.807, 2.05) is 24.3 Å². The minimum absolute atomic E-state index is 0.0442. The summed E-state index contributed by atoms with van der Waals surface area (Å²) in [7, 11) is 0. The first-order valence-corrected chi connectivity index (χ1v) is 10.2. The van der Waals surface area contributed by atoms with Crippen molar-refractivity contribution in [1.82, 2.24) is 14.7 Å². The van der Waals surface area contributed by atoms with Crippen LogP contribution >= 0.6 is 0 Å². The van der Waals surface area contributed by atoms with Crippen molar-refractivity contribution in [3.63, 3.8) is 0 Å². The SMILES string of the molecule is O=c1c2ccccc2c(Cc2ccc(F)cc2)nn1C1CCCN(CCO)CC1. The van der Waals surface area contributed by atoms with Crippen molar-refractivity contribution in [2.24, 2.45) is 0 Å². The Hall–Kier alpha value is -2.57. The Morgan fingerprint density at radius 1 is 1.03 bits per heavy atom. The van der Waals surface area contributed by atoms with Gasteiger partial charge in [0.15, 0.2) is 0 Å². The van der Waals surface area contributed by atoms with Crippen LogP contribution in [0.25, 0.3) is 10.8 Å². The van der Waals surface area contributed by atoms with Gasteiger partial charge in [-0.3, -0.25) is 4.79 Å². The summed E-state index contributed by atoms with van der Waals surface area (Å²) in [6.45, 7) is 2.60. The normalized spacial score (nSPS) is 18.1. The molecule has 1 N–H and O–H groups in total. The molecule has 1 aliphatic rings. The predicted molar refractivity (Wildman–Crippen MR) is 112 cm³/mol. The van der Waals surface area contributed by atoms with Crippen LogP contribution in [-0.4, -0.2) is 46.0 Å². The highest BCUT2D eigenvalue weighted by molar-refractivity contribution is 5.83. The van der Waals surface area contributed by atoms with Gasteiger partial charge in [0, 0.05) is 24.9 Å². The molecule has 1 fully saturated rings. The van der Waals surface area contributed by atoms with E-state index in [1.54, 1.807) is 16.8 Å². The molecule has 4 rings (SSSR count). The fourth-order valence-electron chi connectivity index (χ4n) is 4.20. The van der Waals surface area contributed by atoms with Crippen molar-refractivity contribution in [3.8, 4) is 0 Å². The molecule has 1 atom stereocenters. The molecule has 0 spiro atoms. The molecule has 1 aliphatic heterocycles. The second-order valence-corrected chi connectivity index (χ2v) is 7.70. The van der Waals surface area contributed by atoms with Gasteiger partial charge in [-0.05, 0) is 49.6 Å². The first-order valence-electron chi connectivity index (χ1n) is 10.2. The van der Waals surface area contributed by atoms with Crippen LogP contribution in [0.3, 0.4) is 0 Å². The van der Waals surface area contributed by atoms with E-state index in [9.17, 15) is 14.3 Å². The number of β-amino-alcohol motifs (C(OH)–C–C–N with tert-alkyl or cyclic N) is 1. The Morgan fingerprint density at radius 3 is 2.55 bits per heavy atom. The van der Waals surface area contributed by atoms with Crippen LogP contribution in [0.2, 0.25) is 0 Å². The van der Waals surface area contributed by atoms with Crippen LogP contribution in [0.15, 0.2) is 53.3 Å². The summed E-state index contributed by atoms with van der Waals surface area (Å²) in [5.41, 5.74) is 1.75. The largest absolute Gasteiger partial charge is 0.395 e. The van der Waals surface area contributed by atoms with E-state index in [-0.39, 0.29) is 24.0 Å². The Kier molecular flexibility index (Phi) is 6.02. The van der Waals surface area contributed by atoms with Crippen LogP contribution in [0.4, 0.5) is 4.39 Å². The Bertz CT molecular complexity index is 1030. The van der Waals surface area contributed by atoms with Crippen LogP contribution in [0.1, 0.15) is 36.6 Å². The van der Waals surface area contributed by atoms with Crippen molar-refractivity contribution < 1.29 is 9.50 Å². The third-order valence-corrected chi connectivity index (χ3v) is 5.74. The second-order valence-electron chi connectivity index (χ2n) is 7.70. The first kappa shape index (κ1) is 19.7. The molecule has 2 heterocycles. The number of aromatic nitrogens is 2. The lowest BCUT2D eigenvalue weighted by molar-refractivity contribution is 0.198. The van der Waals surface area contributed by atoms with Crippen molar-refractivity contribution in [3.05, 3.63) is 76.0 Å². The molecular formula is C23H26FN3O2. The molecule has 0 aliphatic carbocycles. The molecule has 3 aromatic rings. The van der Waals surface area contributed by atoms with Gasteiger partial charge in [-0.2, -0.15) is 5.10 Å². The lowest BCUT2D eigenvalue weighted by Crippen LogP contribution is -2.31. The molecule has 1 unspecified atom stereocenters. The van der Waals surface area contributed by atoms with Crippen LogP contribution in [0, 0.1) is 5.82 Å². The van der Waals surface area contributed by atoms with Crippen molar-refractivity contribution in [1.29, 1.82) is 0 Å². The molecule has 1 aromatic heterocycles. The van der Waals surface area contributed by atoms with Gasteiger partial charge in [0.05, 0.1) is 23.7 Å². The van der Waals surface area contributed by atoms with E-state index in [1.165, 1.54) is 12.1 Å². The van der Waals surface area contributed by atoms with Crippen molar-refractivity contribution >= 4 is 10.8 Å². The zero-order valence-electron chi connectivity index (χ0n) is 16.4. The van der Waals surface area contributed by atoms with Crippen molar-refractivity contribution in [2.75, 3.05) is 26.2 Å². The number of hydrogen-bond acceptors (Lipinski definition) is 4. The van der Waals surface area contributed by atoms with Gasteiger partial charge in [0.1, 0.15) is 5.82 Å². The molecule has 2 aromatic carbocycles. The molecule has 1 saturated heterocycles. The maximum Gasteiger partial charge on any atom is 0.274 e. The molecular weight excluding hydrogens is 369 g/mol. The second kappa shape index (κ2) is 8.84. The molecule has 29 heavy (non-hydrogen) atoms. The van der Waals surface area contributed by atoms with Crippen LogP contribution in [-0.2, 0) is 6.42 Å². The van der Waals surface area contributed by atoms with Gasteiger partial charge in [0.25, 0.3) is 5.56 Å². The monoisotopic (exact) mass is 395 g/mol. The van der Waals surface area contributed by atoms with Crippen LogP contribution in [0.5, 0.6) is 0 Å². The summed E-state index contributed by atoms with van der Waals surface area (Å²) in [6.07, 6.45) is 3.24. The average Bonchev–Trinajstić information content (AvgIpc) is 2.98. The smallest absolute Gasteiger partial charge is 0.274 e. The van der Waals surface area contributed by atoms with E-state index in [0.29, 0.717) is 18.4 Å². The number of rotatable bonds is 5. The minimum Gasteiger partial charge on any atom is -0.395 e. The summed E-state index contributed by atoms with van der Waals surface area (Å²) >= 11 is 0. The Balaban J connectivity index is 1.71. The minimum atomic E-state index is -0.262. The van der Waals surface area contributed by atoms with Gasteiger partial charge >= 0.3 is 0 Å². The van der Waals surface area contributed by atoms with Gasteiger partial charge < -0.3 is 10.0 Å². The standard InChI is InChI=1S/C23H26FN3O2/c24-18-9-7-17(8-10-18)16-22-20-5-1-2-6-21(20)23(29)27(25-22)19-4-3-12-26(13-11-19)14-15-28/h1-2,5-10,19,28H,3-4,11-16H2. The van der Waals surface area contributed by atoms with Gasteiger partial charge in [0.2, 0.25) is 0 Å². The number of benzene rings is 2. The fraction of sp³-hybridized carbons (Fsp3) is 0.391. The van der Waals surface area contributed by atoms with Gasteiger partial charge in [-0.15, -0.1) is 0 Å². The first-order chi connectivity index (χ1) is 14.2. The zero-order chi connectivity index (χ0) is 20.2. The number of aliphatic hydroxyl groups is 1. The molecule has 0 bridgehead atoms. The molecule has 152 valence electrons. The Labute approximate surface area is 169 Å². The molecule has 5 nitrogen and oxygen atoms in total. The highest BCUT2D eigenvalue weighted by Gasteiger charge is 2.22. The third-order valence-electron chi connectivity index (χ3n) is 5.74. The van der Waals surface area contributed by atoms with E-state index in [2.05, 4.69) is 4.90 Å². The van der Waals surface area contributed by atoms with Crippen LogP contribution < -0.4 is 5.56 Å². The van der Waals surface area contributed by atoms with Gasteiger partial charge in [-0.1, -0.05) is 30.3 Å². The lowest BCUT2D eigenvalue weighted by Gasteiger charge is -2.20. The van der Waals surface area contributed by atoms with Gasteiger partial charge in [-0.25, -0.2) is 9.07 Å². The summed E-state index contributed by atoms with van der Waals surface area (Å²) in [5.74, 6) is -0.262. The maximum atomic E-state index is 13.3. The summed E-state index contributed by atoms with van der Waals surface area (Å²) in [4.78, 5) is 15.4. The van der Waals surface area contributed by atoms with E-state index in [4.69, 9.17) is 5.10 Å². The summed E-state index contributed by atoms with van der Waals surface area (Å²) in [5, 5.41) is 15.5. The van der Waals surface area contributed by atoms with E-state index >= 15 is 0 Å². The quantitative estimate of drug-likeness (QED) is 0.721. The Morgan fingerprint density at radius 2 is 1.79 bits per heavy atom. The molecule has 0 radical (unpaired) electrons. The zero-order valence-corrected chi connectivity index (χ0v) is 16.4. The van der Waals surface area contributed by atoms with E-state index in [0.717, 1.165) is 49.0 Å². The fourth-order valence-corrected chi connectivity index (χ4v) is 4.20. The molecule has 0 saturated carbocycles. The lowest BCUT2D eigenvalue weighted by atomic mass is 10.0. The highest BCUT2D eigenvalue weighted by Crippen LogP contribution is 2.23. The average molecular weight is 395 g/mol. The predicted octanol–water partition coefficient (Wildman–Crippen LogP) is 3.15. The van der Waals surface area contributed by atoms with Crippen molar-refractivity contribution in [2.45, 2.75) is 31.7 Å². The third kappa shape index (κ3) is 4.38. The number of likely N-dealkylation sites (tertiary alicyclic amines) is 1.